The molecule has 172 valence electrons. The maximum Gasteiger partial charge on any atom is 0.337 e. The zero-order valence-corrected chi connectivity index (χ0v) is 19.3. The summed E-state index contributed by atoms with van der Waals surface area (Å²) in [5, 5.41) is 2.64. The molecular weight excluding hydrogens is 444 g/mol. The van der Waals surface area contributed by atoms with Crippen molar-refractivity contribution in [2.24, 2.45) is 0 Å². The minimum Gasteiger partial charge on any atom is -0.495 e. The van der Waals surface area contributed by atoms with Crippen LogP contribution in [0.25, 0.3) is 0 Å². The monoisotopic (exact) mass is 468 g/mol. The van der Waals surface area contributed by atoms with E-state index >= 15 is 0 Å². The van der Waals surface area contributed by atoms with E-state index in [2.05, 4.69) is 5.32 Å². The summed E-state index contributed by atoms with van der Waals surface area (Å²) in [5.74, 6) is -0.843. The molecule has 0 spiro atoms. The van der Waals surface area contributed by atoms with E-state index in [1.807, 2.05) is 6.92 Å². The Labute approximate surface area is 192 Å². The van der Waals surface area contributed by atoms with E-state index in [4.69, 9.17) is 9.47 Å². The zero-order chi connectivity index (χ0) is 24.0. The van der Waals surface area contributed by atoms with Gasteiger partial charge in [0.15, 0.2) is 0 Å². The first-order valence-electron chi connectivity index (χ1n) is 9.97. The first-order chi connectivity index (χ1) is 15.8. The van der Waals surface area contributed by atoms with Gasteiger partial charge < -0.3 is 14.8 Å². The average molecular weight is 469 g/mol. The lowest BCUT2D eigenvalue weighted by atomic mass is 10.2. The Kier molecular flexibility index (Phi) is 7.34. The number of amides is 1. The third kappa shape index (κ3) is 5.50. The van der Waals surface area contributed by atoms with Crippen molar-refractivity contribution in [1.82, 2.24) is 0 Å². The Morgan fingerprint density at radius 3 is 2.33 bits per heavy atom. The van der Waals surface area contributed by atoms with Crippen LogP contribution in [0.2, 0.25) is 0 Å². The normalized spacial score (nSPS) is 10.9. The predicted octanol–water partition coefficient (Wildman–Crippen LogP) is 3.62. The zero-order valence-electron chi connectivity index (χ0n) is 18.4. The number of carbonyl (C=O) groups excluding carboxylic acids is 2. The van der Waals surface area contributed by atoms with Crippen molar-refractivity contribution in [3.63, 3.8) is 0 Å². The topological polar surface area (TPSA) is 102 Å². The molecule has 3 rings (SSSR count). The predicted molar refractivity (Wildman–Crippen MR) is 125 cm³/mol. The lowest BCUT2D eigenvalue weighted by Crippen LogP contribution is -2.38. The Balaban J connectivity index is 1.98. The summed E-state index contributed by atoms with van der Waals surface area (Å²) in [7, 11) is -1.41. The molecule has 3 aromatic rings. The third-order valence-electron chi connectivity index (χ3n) is 4.79. The van der Waals surface area contributed by atoms with Crippen LogP contribution < -0.4 is 14.4 Å². The first-order valence-corrected chi connectivity index (χ1v) is 11.4. The number of methoxy groups -OCH3 is 2. The van der Waals surface area contributed by atoms with Crippen molar-refractivity contribution in [1.29, 1.82) is 0 Å². The summed E-state index contributed by atoms with van der Waals surface area (Å²) < 4.78 is 38.1. The van der Waals surface area contributed by atoms with E-state index < -0.39 is 28.4 Å². The number of sulfonamides is 1. The summed E-state index contributed by atoms with van der Waals surface area (Å²) in [5.41, 5.74) is 1.62. The van der Waals surface area contributed by atoms with E-state index in [9.17, 15) is 18.0 Å². The molecule has 0 fully saturated rings. The molecule has 0 atom stereocenters. The number of nitrogens with one attached hydrogen (secondary N) is 1. The van der Waals surface area contributed by atoms with E-state index in [0.29, 0.717) is 11.4 Å². The minimum absolute atomic E-state index is 0.0362. The highest BCUT2D eigenvalue weighted by Gasteiger charge is 2.29. The van der Waals surface area contributed by atoms with Crippen molar-refractivity contribution < 1.29 is 27.5 Å². The number of ether oxygens (including phenoxy) is 2. The molecule has 0 saturated carbocycles. The molecule has 0 saturated heterocycles. The lowest BCUT2D eigenvalue weighted by Gasteiger charge is -2.26. The number of carbonyl (C=O) groups is 2. The SMILES string of the molecule is COC(=O)c1cccc(NC(=O)CN(c2cc(C)ccc2OC)S(=O)(=O)c2ccccc2)c1. The molecule has 9 heteroatoms. The highest BCUT2D eigenvalue weighted by molar-refractivity contribution is 7.92. The van der Waals surface area contributed by atoms with Crippen LogP contribution in [0, 0.1) is 6.92 Å². The Morgan fingerprint density at radius 1 is 0.939 bits per heavy atom. The standard InChI is InChI=1S/C24H24N2O6S/c1-17-12-13-22(31-2)21(14-17)26(33(29,30)20-10-5-4-6-11-20)16-23(27)25-19-9-7-8-18(15-19)24(28)32-3/h4-15H,16H2,1-3H3,(H,25,27). The van der Waals surface area contributed by atoms with Gasteiger partial charge in [-0.15, -0.1) is 0 Å². The summed E-state index contributed by atoms with van der Waals surface area (Å²) in [6, 6.07) is 19.1. The maximum absolute atomic E-state index is 13.5. The second-order valence-electron chi connectivity index (χ2n) is 7.12. The number of hydrogen-bond donors (Lipinski definition) is 1. The fraction of sp³-hybridized carbons (Fsp3) is 0.167. The van der Waals surface area contributed by atoms with Gasteiger partial charge in [0, 0.05) is 5.69 Å². The van der Waals surface area contributed by atoms with Gasteiger partial charge in [-0.2, -0.15) is 0 Å². The number of nitrogens with zero attached hydrogens (tertiary/aromatic N) is 1. The Bertz CT molecular complexity index is 1260. The van der Waals surface area contributed by atoms with Gasteiger partial charge in [0.2, 0.25) is 5.91 Å². The first kappa shape index (κ1) is 23.8. The summed E-state index contributed by atoms with van der Waals surface area (Å²) in [4.78, 5) is 24.7. The van der Waals surface area contributed by atoms with Crippen molar-refractivity contribution in [2.75, 3.05) is 30.4 Å². The van der Waals surface area contributed by atoms with Crippen molar-refractivity contribution in [3.8, 4) is 5.75 Å². The molecule has 3 aromatic carbocycles. The van der Waals surface area contributed by atoms with Crippen molar-refractivity contribution >= 4 is 33.3 Å². The molecule has 1 N–H and O–H groups in total. The molecule has 0 unspecified atom stereocenters. The molecular formula is C24H24N2O6S. The fourth-order valence-corrected chi connectivity index (χ4v) is 4.63. The second kappa shape index (κ2) is 10.2. The van der Waals surface area contributed by atoms with Crippen molar-refractivity contribution in [2.45, 2.75) is 11.8 Å². The van der Waals surface area contributed by atoms with Crippen LogP contribution in [0.4, 0.5) is 11.4 Å². The highest BCUT2D eigenvalue weighted by atomic mass is 32.2. The molecule has 0 aliphatic rings. The van der Waals surface area contributed by atoms with Crippen molar-refractivity contribution in [3.05, 3.63) is 83.9 Å². The number of aryl methyl sites for hydroxylation is 1. The number of benzene rings is 3. The van der Waals surface area contributed by atoms with Crippen LogP contribution in [0.15, 0.2) is 77.7 Å². The van der Waals surface area contributed by atoms with Crippen LogP contribution in [0.1, 0.15) is 15.9 Å². The smallest absolute Gasteiger partial charge is 0.337 e. The molecule has 0 heterocycles. The van der Waals surface area contributed by atoms with E-state index in [0.717, 1.165) is 9.87 Å². The van der Waals surface area contributed by atoms with Gasteiger partial charge in [0.05, 0.1) is 30.4 Å². The number of hydrogen-bond acceptors (Lipinski definition) is 6. The fourth-order valence-electron chi connectivity index (χ4n) is 3.19. The van der Waals surface area contributed by atoms with Gasteiger partial charge in [0.1, 0.15) is 12.3 Å². The van der Waals surface area contributed by atoms with Crippen LogP contribution in [0.5, 0.6) is 5.75 Å². The van der Waals surface area contributed by atoms with Gasteiger partial charge in [-0.25, -0.2) is 13.2 Å². The van der Waals surface area contributed by atoms with Gasteiger partial charge in [-0.3, -0.25) is 9.10 Å². The van der Waals surface area contributed by atoms with E-state index in [1.165, 1.54) is 32.4 Å². The molecule has 0 aliphatic heterocycles. The largest absolute Gasteiger partial charge is 0.495 e. The van der Waals surface area contributed by atoms with Crippen LogP contribution in [0.3, 0.4) is 0 Å². The number of rotatable bonds is 8. The Hall–Kier alpha value is -3.85. The van der Waals surface area contributed by atoms with Crippen LogP contribution in [-0.2, 0) is 19.6 Å². The molecule has 1 amide bonds. The minimum atomic E-state index is -4.10. The summed E-state index contributed by atoms with van der Waals surface area (Å²) >= 11 is 0. The molecule has 0 aromatic heterocycles. The molecule has 33 heavy (non-hydrogen) atoms. The Morgan fingerprint density at radius 2 is 1.67 bits per heavy atom. The molecule has 0 bridgehead atoms. The number of esters is 1. The molecule has 8 nitrogen and oxygen atoms in total. The summed E-state index contributed by atoms with van der Waals surface area (Å²) in [6.45, 7) is 1.30. The third-order valence-corrected chi connectivity index (χ3v) is 6.56. The molecule has 0 aliphatic carbocycles. The average Bonchev–Trinajstić information content (AvgIpc) is 2.82. The van der Waals surface area contributed by atoms with Gasteiger partial charge in [-0.1, -0.05) is 30.3 Å². The highest BCUT2D eigenvalue weighted by Crippen LogP contribution is 2.33. The summed E-state index contributed by atoms with van der Waals surface area (Å²) in [6.07, 6.45) is 0. The van der Waals surface area contributed by atoms with Crippen LogP contribution in [-0.4, -0.2) is 41.1 Å². The van der Waals surface area contributed by atoms with Gasteiger partial charge in [0.25, 0.3) is 10.0 Å². The van der Waals surface area contributed by atoms with Gasteiger partial charge >= 0.3 is 5.97 Å². The molecule has 0 radical (unpaired) electrons. The lowest BCUT2D eigenvalue weighted by molar-refractivity contribution is -0.114. The number of anilines is 2. The van der Waals surface area contributed by atoms with E-state index in [1.54, 1.807) is 54.6 Å². The van der Waals surface area contributed by atoms with Gasteiger partial charge in [-0.05, 0) is 55.0 Å². The van der Waals surface area contributed by atoms with Crippen LogP contribution >= 0.6 is 0 Å². The second-order valence-corrected chi connectivity index (χ2v) is 8.98. The maximum atomic E-state index is 13.5. The van der Waals surface area contributed by atoms with E-state index in [-0.39, 0.29) is 16.1 Å². The quantitative estimate of drug-likeness (QED) is 0.507.